The Hall–Kier alpha value is -1.66. The van der Waals surface area contributed by atoms with Crippen LogP contribution in [0.25, 0.3) is 0 Å². The van der Waals surface area contributed by atoms with Crippen LogP contribution in [0.5, 0.6) is 0 Å². The van der Waals surface area contributed by atoms with Gasteiger partial charge < -0.3 is 19.8 Å². The molecule has 2 atom stereocenters. The van der Waals surface area contributed by atoms with Crippen LogP contribution < -0.4 is 10.9 Å². The second-order valence-electron chi connectivity index (χ2n) is 6.12. The molecule has 0 spiro atoms. The molecule has 6 nitrogen and oxygen atoms in total. The van der Waals surface area contributed by atoms with Crippen molar-refractivity contribution < 1.29 is 14.3 Å². The minimum atomic E-state index is -0.564. The number of H-pyrrole nitrogens is 1. The van der Waals surface area contributed by atoms with E-state index in [0.29, 0.717) is 12.2 Å². The number of hydrogen-bond donors (Lipinski definition) is 2. The number of aryl methyl sites for hydroxylation is 2. The summed E-state index contributed by atoms with van der Waals surface area (Å²) in [7, 11) is 0. The summed E-state index contributed by atoms with van der Waals surface area (Å²) in [6.07, 6.45) is 2.74. The van der Waals surface area contributed by atoms with Crippen LogP contribution in [0.2, 0.25) is 0 Å². The highest BCUT2D eigenvalue weighted by molar-refractivity contribution is 5.80. The van der Waals surface area contributed by atoms with Gasteiger partial charge in [-0.05, 0) is 51.7 Å². The van der Waals surface area contributed by atoms with Crippen LogP contribution in [0.4, 0.5) is 0 Å². The number of rotatable bonds is 6. The zero-order valence-corrected chi connectivity index (χ0v) is 14.1. The van der Waals surface area contributed by atoms with Gasteiger partial charge >= 0.3 is 0 Å². The molecule has 128 valence electrons. The van der Waals surface area contributed by atoms with Gasteiger partial charge in [0, 0.05) is 24.4 Å². The molecule has 2 N–H and O–H groups in total. The summed E-state index contributed by atoms with van der Waals surface area (Å²) in [5.41, 5.74) is 2.10. The van der Waals surface area contributed by atoms with E-state index in [4.69, 9.17) is 9.47 Å². The van der Waals surface area contributed by atoms with Crippen molar-refractivity contribution in [3.63, 3.8) is 0 Å². The van der Waals surface area contributed by atoms with Crippen molar-refractivity contribution in [3.05, 3.63) is 33.2 Å². The smallest absolute Gasteiger partial charge is 0.253 e. The predicted molar refractivity (Wildman–Crippen MR) is 87.4 cm³/mol. The zero-order chi connectivity index (χ0) is 16.8. The van der Waals surface area contributed by atoms with Crippen molar-refractivity contribution in [1.82, 2.24) is 10.3 Å². The fourth-order valence-corrected chi connectivity index (χ4v) is 2.69. The standard InChI is InChI=1S/C17H26N2O4/c1-11-8-12(2)19-17(21)15(11)9-18-16(20)13(3)23-10-14-6-4-5-7-22-14/h8,13-14H,4-7,9-10H2,1-3H3,(H,18,20)(H,19,21). The average molecular weight is 322 g/mol. The highest BCUT2D eigenvalue weighted by atomic mass is 16.5. The normalized spacial score (nSPS) is 19.3. The van der Waals surface area contributed by atoms with Crippen molar-refractivity contribution in [3.8, 4) is 0 Å². The Bertz CT molecular complexity index is 591. The summed E-state index contributed by atoms with van der Waals surface area (Å²) in [6, 6.07) is 1.89. The van der Waals surface area contributed by atoms with Crippen LogP contribution >= 0.6 is 0 Å². The summed E-state index contributed by atoms with van der Waals surface area (Å²) < 4.78 is 11.2. The molecular weight excluding hydrogens is 296 g/mol. The van der Waals surface area contributed by atoms with Crippen molar-refractivity contribution >= 4 is 5.91 Å². The summed E-state index contributed by atoms with van der Waals surface area (Å²) in [6.45, 7) is 6.81. The fraction of sp³-hybridized carbons (Fsp3) is 0.647. The van der Waals surface area contributed by atoms with Crippen LogP contribution in [-0.2, 0) is 20.8 Å². The molecule has 1 aliphatic rings. The zero-order valence-electron chi connectivity index (χ0n) is 14.1. The third-order valence-electron chi connectivity index (χ3n) is 4.11. The van der Waals surface area contributed by atoms with Crippen molar-refractivity contribution in [2.75, 3.05) is 13.2 Å². The summed E-state index contributed by atoms with van der Waals surface area (Å²) in [5.74, 6) is -0.222. The third-order valence-corrected chi connectivity index (χ3v) is 4.11. The molecule has 0 bridgehead atoms. The van der Waals surface area contributed by atoms with Gasteiger partial charge in [0.2, 0.25) is 5.91 Å². The molecule has 1 aliphatic heterocycles. The van der Waals surface area contributed by atoms with Crippen LogP contribution in [0.3, 0.4) is 0 Å². The third kappa shape index (κ3) is 5.18. The van der Waals surface area contributed by atoms with Crippen molar-refractivity contribution in [1.29, 1.82) is 0 Å². The average Bonchev–Trinajstić information content (AvgIpc) is 2.52. The number of nitrogens with one attached hydrogen (secondary N) is 2. The lowest BCUT2D eigenvalue weighted by molar-refractivity contribution is -0.135. The van der Waals surface area contributed by atoms with Gasteiger partial charge in [-0.3, -0.25) is 9.59 Å². The Morgan fingerprint density at radius 3 is 2.91 bits per heavy atom. The number of carbonyl (C=O) groups excluding carboxylic acids is 1. The Morgan fingerprint density at radius 2 is 2.26 bits per heavy atom. The van der Waals surface area contributed by atoms with E-state index in [2.05, 4.69) is 10.3 Å². The quantitative estimate of drug-likeness (QED) is 0.833. The second-order valence-corrected chi connectivity index (χ2v) is 6.12. The lowest BCUT2D eigenvalue weighted by Gasteiger charge is -2.23. The van der Waals surface area contributed by atoms with Gasteiger partial charge in [0.1, 0.15) is 6.10 Å². The Balaban J connectivity index is 1.81. The summed E-state index contributed by atoms with van der Waals surface area (Å²) in [5, 5.41) is 2.76. The Morgan fingerprint density at radius 1 is 1.48 bits per heavy atom. The monoisotopic (exact) mass is 322 g/mol. The number of aromatic nitrogens is 1. The summed E-state index contributed by atoms with van der Waals surface area (Å²) >= 11 is 0. The second kappa shape index (κ2) is 8.26. The van der Waals surface area contributed by atoms with E-state index >= 15 is 0 Å². The topological polar surface area (TPSA) is 80.4 Å². The predicted octanol–water partition coefficient (Wildman–Crippen LogP) is 1.58. The molecular formula is C17H26N2O4. The van der Waals surface area contributed by atoms with Gasteiger partial charge in [0.05, 0.1) is 12.7 Å². The first kappa shape index (κ1) is 17.7. The minimum Gasteiger partial charge on any atom is -0.376 e. The van der Waals surface area contributed by atoms with Crippen LogP contribution in [0.15, 0.2) is 10.9 Å². The van der Waals surface area contributed by atoms with Gasteiger partial charge in [-0.1, -0.05) is 0 Å². The number of ether oxygens (including phenoxy) is 2. The fourth-order valence-electron chi connectivity index (χ4n) is 2.69. The van der Waals surface area contributed by atoms with Gasteiger partial charge in [-0.25, -0.2) is 0 Å². The maximum atomic E-state index is 12.1. The van der Waals surface area contributed by atoms with E-state index in [0.717, 1.165) is 37.1 Å². The van der Waals surface area contributed by atoms with E-state index in [1.165, 1.54) is 0 Å². The number of aromatic amines is 1. The lowest BCUT2D eigenvalue weighted by Crippen LogP contribution is -2.37. The molecule has 0 aliphatic carbocycles. The molecule has 0 aromatic carbocycles. The molecule has 1 amide bonds. The van der Waals surface area contributed by atoms with Gasteiger partial charge in [-0.2, -0.15) is 0 Å². The maximum absolute atomic E-state index is 12.1. The molecule has 1 fully saturated rings. The van der Waals surface area contributed by atoms with E-state index in [1.54, 1.807) is 6.92 Å². The Kier molecular flexibility index (Phi) is 6.36. The highest BCUT2D eigenvalue weighted by Crippen LogP contribution is 2.13. The van der Waals surface area contributed by atoms with Crippen LogP contribution in [0.1, 0.15) is 43.0 Å². The SMILES string of the molecule is Cc1cc(C)c(CNC(=O)C(C)OCC2CCCCO2)c(=O)[nH]1. The molecule has 1 aromatic heterocycles. The molecule has 2 unspecified atom stereocenters. The molecule has 0 radical (unpaired) electrons. The number of hydrogen-bond acceptors (Lipinski definition) is 4. The first-order valence-corrected chi connectivity index (χ1v) is 8.17. The molecule has 2 heterocycles. The van der Waals surface area contributed by atoms with E-state index in [-0.39, 0.29) is 24.1 Å². The van der Waals surface area contributed by atoms with E-state index in [1.807, 2.05) is 19.9 Å². The Labute approximate surface area is 136 Å². The van der Waals surface area contributed by atoms with Crippen LogP contribution in [-0.4, -0.2) is 36.3 Å². The van der Waals surface area contributed by atoms with E-state index < -0.39 is 6.10 Å². The lowest BCUT2D eigenvalue weighted by atomic mass is 10.1. The largest absolute Gasteiger partial charge is 0.376 e. The first-order valence-electron chi connectivity index (χ1n) is 8.17. The van der Waals surface area contributed by atoms with Gasteiger partial charge in [-0.15, -0.1) is 0 Å². The molecule has 6 heteroatoms. The van der Waals surface area contributed by atoms with Gasteiger partial charge in [0.25, 0.3) is 5.56 Å². The summed E-state index contributed by atoms with van der Waals surface area (Å²) in [4.78, 5) is 26.8. The van der Waals surface area contributed by atoms with Crippen LogP contribution in [0, 0.1) is 13.8 Å². The molecule has 1 aromatic rings. The number of carbonyl (C=O) groups is 1. The van der Waals surface area contributed by atoms with Gasteiger partial charge in [0.15, 0.2) is 0 Å². The van der Waals surface area contributed by atoms with Crippen molar-refractivity contribution in [2.45, 2.75) is 58.8 Å². The minimum absolute atomic E-state index is 0.0844. The maximum Gasteiger partial charge on any atom is 0.253 e. The molecule has 1 saturated heterocycles. The molecule has 0 saturated carbocycles. The molecule has 2 rings (SSSR count). The first-order chi connectivity index (χ1) is 11.0. The highest BCUT2D eigenvalue weighted by Gasteiger charge is 2.19. The van der Waals surface area contributed by atoms with E-state index in [9.17, 15) is 9.59 Å². The molecule has 23 heavy (non-hydrogen) atoms. The van der Waals surface area contributed by atoms with Crippen molar-refractivity contribution in [2.24, 2.45) is 0 Å². The number of amides is 1. The number of pyridine rings is 1.